The third-order valence-electron chi connectivity index (χ3n) is 3.01. The van der Waals surface area contributed by atoms with Gasteiger partial charge in [-0.25, -0.2) is 0 Å². The van der Waals surface area contributed by atoms with Crippen LogP contribution in [0.25, 0.3) is 11.3 Å². The van der Waals surface area contributed by atoms with E-state index >= 15 is 0 Å². The minimum Gasteiger partial charge on any atom is -0.347 e. The van der Waals surface area contributed by atoms with Gasteiger partial charge in [0, 0.05) is 25.9 Å². The molecule has 0 spiro atoms. The molecule has 1 heterocycles. The summed E-state index contributed by atoms with van der Waals surface area (Å²) in [6.07, 6.45) is 1.65. The molecule has 20 heavy (non-hydrogen) atoms. The molecule has 0 saturated heterocycles. The van der Waals surface area contributed by atoms with Crippen LogP contribution in [0.15, 0.2) is 30.5 Å². The van der Waals surface area contributed by atoms with Crippen LogP contribution >= 0.6 is 23.2 Å². The summed E-state index contributed by atoms with van der Waals surface area (Å²) in [6.45, 7) is 1.78. The fraction of sp³-hybridized carbons (Fsp3) is 0.286. The molecule has 1 amide bonds. The van der Waals surface area contributed by atoms with E-state index < -0.39 is 6.04 Å². The van der Waals surface area contributed by atoms with Gasteiger partial charge in [-0.3, -0.25) is 9.48 Å². The number of aromatic nitrogens is 2. The summed E-state index contributed by atoms with van der Waals surface area (Å²) in [5, 5.41) is 5.44. The normalized spacial score (nSPS) is 12.2. The van der Waals surface area contributed by atoms with Crippen molar-refractivity contribution in [2.45, 2.75) is 13.0 Å². The molecule has 1 aromatic carbocycles. The van der Waals surface area contributed by atoms with Crippen molar-refractivity contribution in [3.63, 3.8) is 0 Å². The first kappa shape index (κ1) is 14.9. The Morgan fingerprint density at radius 3 is 2.50 bits per heavy atom. The van der Waals surface area contributed by atoms with Crippen molar-refractivity contribution in [2.75, 3.05) is 14.1 Å². The molecule has 0 saturated carbocycles. The molecule has 0 aliphatic heterocycles. The second kappa shape index (κ2) is 5.85. The highest BCUT2D eigenvalue weighted by Gasteiger charge is 2.20. The second-order valence-corrected chi connectivity index (χ2v) is 5.51. The number of benzene rings is 1. The monoisotopic (exact) mass is 311 g/mol. The zero-order chi connectivity index (χ0) is 14.9. The van der Waals surface area contributed by atoms with Gasteiger partial charge in [0.1, 0.15) is 11.7 Å². The summed E-state index contributed by atoms with van der Waals surface area (Å²) in [4.78, 5) is 13.5. The smallest absolute Gasteiger partial charge is 0.246 e. The van der Waals surface area contributed by atoms with E-state index in [4.69, 9.17) is 23.2 Å². The average molecular weight is 312 g/mol. The van der Waals surface area contributed by atoms with Crippen molar-refractivity contribution < 1.29 is 4.79 Å². The first-order chi connectivity index (χ1) is 9.41. The van der Waals surface area contributed by atoms with Crippen LogP contribution < -0.4 is 0 Å². The van der Waals surface area contributed by atoms with Gasteiger partial charge in [-0.05, 0) is 13.0 Å². The van der Waals surface area contributed by atoms with Crippen molar-refractivity contribution in [3.05, 3.63) is 40.5 Å². The van der Waals surface area contributed by atoms with Crippen LogP contribution in [-0.4, -0.2) is 34.7 Å². The Hall–Kier alpha value is -1.52. The van der Waals surface area contributed by atoms with Crippen LogP contribution in [0.5, 0.6) is 0 Å². The molecule has 0 N–H and O–H groups in total. The Bertz CT molecular complexity index is 637. The van der Waals surface area contributed by atoms with Gasteiger partial charge in [0.2, 0.25) is 5.91 Å². The SMILES string of the molecule is CC(C(=O)N(C)C)n1cc(Cl)c(-c2ccccc2Cl)n1. The van der Waals surface area contributed by atoms with Gasteiger partial charge in [-0.15, -0.1) is 0 Å². The lowest BCUT2D eigenvalue weighted by molar-refractivity contribution is -0.131. The number of amides is 1. The molecule has 1 atom stereocenters. The average Bonchev–Trinajstić information content (AvgIpc) is 2.79. The van der Waals surface area contributed by atoms with E-state index in [1.54, 1.807) is 38.0 Å². The lowest BCUT2D eigenvalue weighted by Crippen LogP contribution is -2.30. The molecule has 6 heteroatoms. The molecule has 0 fully saturated rings. The van der Waals surface area contributed by atoms with E-state index in [0.717, 1.165) is 5.56 Å². The summed E-state index contributed by atoms with van der Waals surface area (Å²) < 4.78 is 1.56. The predicted octanol–water partition coefficient (Wildman–Crippen LogP) is 3.51. The number of likely N-dealkylation sites (N-methyl/N-ethyl adjacent to an activating group) is 1. The highest BCUT2D eigenvalue weighted by atomic mass is 35.5. The summed E-state index contributed by atoms with van der Waals surface area (Å²) in [5.41, 5.74) is 1.33. The molecule has 0 radical (unpaired) electrons. The predicted molar refractivity (Wildman–Crippen MR) is 81.1 cm³/mol. The Morgan fingerprint density at radius 2 is 1.90 bits per heavy atom. The van der Waals surface area contributed by atoms with Crippen LogP contribution in [0, 0.1) is 0 Å². The van der Waals surface area contributed by atoms with Gasteiger partial charge in [-0.1, -0.05) is 41.4 Å². The highest BCUT2D eigenvalue weighted by Crippen LogP contribution is 2.32. The number of carbonyl (C=O) groups excluding carboxylic acids is 1. The van der Waals surface area contributed by atoms with Crippen molar-refractivity contribution in [3.8, 4) is 11.3 Å². The number of nitrogens with zero attached hydrogens (tertiary/aromatic N) is 3. The number of hydrogen-bond donors (Lipinski definition) is 0. The molecule has 0 aliphatic rings. The van der Waals surface area contributed by atoms with Crippen molar-refractivity contribution in [1.29, 1.82) is 0 Å². The minimum absolute atomic E-state index is 0.0464. The van der Waals surface area contributed by atoms with Crippen molar-refractivity contribution in [2.24, 2.45) is 0 Å². The van der Waals surface area contributed by atoms with Gasteiger partial charge >= 0.3 is 0 Å². The number of halogens is 2. The van der Waals surface area contributed by atoms with E-state index in [0.29, 0.717) is 15.7 Å². The Balaban J connectivity index is 2.40. The minimum atomic E-state index is -0.418. The zero-order valence-corrected chi connectivity index (χ0v) is 13.0. The molecule has 0 aliphatic carbocycles. The van der Waals surface area contributed by atoms with E-state index in [1.165, 1.54) is 4.90 Å². The summed E-state index contributed by atoms with van der Waals surface area (Å²) in [6, 6.07) is 6.92. The van der Waals surface area contributed by atoms with Crippen LogP contribution in [0.1, 0.15) is 13.0 Å². The van der Waals surface area contributed by atoms with E-state index in [-0.39, 0.29) is 5.91 Å². The van der Waals surface area contributed by atoms with E-state index in [9.17, 15) is 4.79 Å². The maximum Gasteiger partial charge on any atom is 0.246 e. The highest BCUT2D eigenvalue weighted by molar-refractivity contribution is 6.36. The number of rotatable bonds is 3. The lowest BCUT2D eigenvalue weighted by Gasteiger charge is -2.16. The van der Waals surface area contributed by atoms with Gasteiger partial charge in [0.15, 0.2) is 0 Å². The fourth-order valence-electron chi connectivity index (χ4n) is 1.89. The first-order valence-corrected chi connectivity index (χ1v) is 6.88. The number of hydrogen-bond acceptors (Lipinski definition) is 2. The third kappa shape index (κ3) is 2.81. The van der Waals surface area contributed by atoms with Crippen LogP contribution in [-0.2, 0) is 4.79 Å². The maximum absolute atomic E-state index is 12.0. The molecule has 2 aromatic rings. The molecule has 0 bridgehead atoms. The van der Waals surface area contributed by atoms with Crippen molar-refractivity contribution in [1.82, 2.24) is 14.7 Å². The molecular weight excluding hydrogens is 297 g/mol. The molecular formula is C14H15Cl2N3O. The van der Waals surface area contributed by atoms with Crippen LogP contribution in [0.3, 0.4) is 0 Å². The van der Waals surface area contributed by atoms with Gasteiger partial charge in [-0.2, -0.15) is 5.10 Å². The maximum atomic E-state index is 12.0. The fourth-order valence-corrected chi connectivity index (χ4v) is 2.36. The van der Waals surface area contributed by atoms with Crippen LogP contribution in [0.4, 0.5) is 0 Å². The van der Waals surface area contributed by atoms with Gasteiger partial charge in [0.05, 0.1) is 10.0 Å². The molecule has 2 rings (SSSR count). The standard InChI is InChI=1S/C14H15Cl2N3O/c1-9(14(20)18(2)3)19-8-12(16)13(17-19)10-6-4-5-7-11(10)15/h4-9H,1-3H3. The first-order valence-electron chi connectivity index (χ1n) is 6.12. The van der Waals surface area contributed by atoms with Gasteiger partial charge < -0.3 is 4.90 Å². The Labute approximate surface area is 127 Å². The molecule has 1 aromatic heterocycles. The lowest BCUT2D eigenvalue weighted by atomic mass is 10.1. The summed E-state index contributed by atoms with van der Waals surface area (Å²) in [7, 11) is 3.41. The number of carbonyl (C=O) groups is 1. The van der Waals surface area contributed by atoms with E-state index in [1.807, 2.05) is 18.2 Å². The summed E-state index contributed by atoms with van der Waals surface area (Å²) >= 11 is 12.4. The topological polar surface area (TPSA) is 38.1 Å². The second-order valence-electron chi connectivity index (χ2n) is 4.69. The Kier molecular flexibility index (Phi) is 4.35. The molecule has 1 unspecified atom stereocenters. The van der Waals surface area contributed by atoms with Gasteiger partial charge in [0.25, 0.3) is 0 Å². The van der Waals surface area contributed by atoms with Crippen molar-refractivity contribution >= 4 is 29.1 Å². The van der Waals surface area contributed by atoms with E-state index in [2.05, 4.69) is 5.10 Å². The zero-order valence-electron chi connectivity index (χ0n) is 11.5. The Morgan fingerprint density at radius 1 is 1.25 bits per heavy atom. The third-order valence-corrected chi connectivity index (χ3v) is 3.62. The van der Waals surface area contributed by atoms with Crippen LogP contribution in [0.2, 0.25) is 10.0 Å². The molecule has 106 valence electrons. The summed E-state index contributed by atoms with van der Waals surface area (Å²) in [5.74, 6) is -0.0464. The molecule has 4 nitrogen and oxygen atoms in total. The quantitative estimate of drug-likeness (QED) is 0.870. The largest absolute Gasteiger partial charge is 0.347 e.